The topological polar surface area (TPSA) is 9.23 Å². The van der Waals surface area contributed by atoms with Crippen LogP contribution in [-0.2, 0) is 6.42 Å². The van der Waals surface area contributed by atoms with E-state index in [-0.39, 0.29) is 18.0 Å². The number of halogens is 6. The Morgan fingerprint density at radius 1 is 0.935 bits per heavy atom. The molecule has 3 rings (SSSR count). The first-order valence-electron chi connectivity index (χ1n) is 12.4. The molecule has 2 aromatic carbocycles. The first-order valence-corrected chi connectivity index (χ1v) is 10.4. The second kappa shape index (κ2) is 9.96. The van der Waals surface area contributed by atoms with Gasteiger partial charge in [0, 0.05) is 5.56 Å². The quantitative estimate of drug-likeness (QED) is 0.388. The van der Waals surface area contributed by atoms with Gasteiger partial charge in [0.05, 0.1) is 5.48 Å². The number of ether oxygens (including phenoxy) is 1. The van der Waals surface area contributed by atoms with Crippen LogP contribution in [0.15, 0.2) is 30.2 Å². The number of hydrogen-bond donors (Lipinski definition) is 0. The van der Waals surface area contributed by atoms with Crippen molar-refractivity contribution in [2.24, 2.45) is 11.8 Å². The first-order chi connectivity index (χ1) is 16.4. The van der Waals surface area contributed by atoms with Gasteiger partial charge in [0.25, 0.3) is 0 Å². The summed E-state index contributed by atoms with van der Waals surface area (Å²) in [5, 5.41) is 0. The summed E-state index contributed by atoms with van der Waals surface area (Å²) in [7, 11) is 0. The van der Waals surface area contributed by atoms with Crippen molar-refractivity contribution in [1.29, 1.82) is 0 Å². The molecule has 0 amide bonds. The minimum absolute atomic E-state index is 0.0953. The zero-order valence-corrected chi connectivity index (χ0v) is 17.1. The maximum Gasteiger partial charge on any atom is 0.573 e. The van der Waals surface area contributed by atoms with Crippen LogP contribution in [0.5, 0.6) is 5.75 Å². The lowest BCUT2D eigenvalue weighted by Crippen LogP contribution is -2.19. The van der Waals surface area contributed by atoms with Crippen molar-refractivity contribution in [2.75, 3.05) is 0 Å². The minimum Gasteiger partial charge on any atom is -0.399 e. The van der Waals surface area contributed by atoms with Crippen molar-refractivity contribution >= 4 is 0 Å². The normalized spacial score (nSPS) is 21.3. The summed E-state index contributed by atoms with van der Waals surface area (Å²) < 4.78 is 117. The SMILES string of the molecule is [2H]c1cc(-c2c([2H])c(F)c(OC(F)(F)F)c(F)c2[2H])c(F)c([2H])c1CCC1CCC(CCC)CC1. The van der Waals surface area contributed by atoms with Crippen molar-refractivity contribution in [3.63, 3.8) is 0 Å². The highest BCUT2D eigenvalue weighted by atomic mass is 19.4. The molecule has 0 N–H and O–H groups in total. The van der Waals surface area contributed by atoms with Crippen LogP contribution >= 0.6 is 0 Å². The summed E-state index contributed by atoms with van der Waals surface area (Å²) >= 11 is 0. The Labute approximate surface area is 184 Å². The van der Waals surface area contributed by atoms with E-state index in [4.69, 9.17) is 5.48 Å². The molecule has 0 saturated heterocycles. The van der Waals surface area contributed by atoms with Gasteiger partial charge in [0.1, 0.15) is 5.82 Å². The monoisotopic (exact) mass is 448 g/mol. The van der Waals surface area contributed by atoms with Gasteiger partial charge in [-0.1, -0.05) is 57.6 Å². The van der Waals surface area contributed by atoms with Crippen molar-refractivity contribution in [3.05, 3.63) is 53.3 Å². The molecule has 2 aromatic rings. The van der Waals surface area contributed by atoms with Crippen LogP contribution in [0.1, 0.15) is 62.9 Å². The molecule has 0 heterocycles. The van der Waals surface area contributed by atoms with E-state index < -0.39 is 58.8 Å². The average molecular weight is 448 g/mol. The second-order valence-electron chi connectivity index (χ2n) is 7.96. The number of benzene rings is 2. The first kappa shape index (κ1) is 18.4. The molecule has 0 bridgehead atoms. The molecule has 1 aliphatic carbocycles. The van der Waals surface area contributed by atoms with E-state index in [0.717, 1.165) is 38.2 Å². The lowest BCUT2D eigenvalue weighted by molar-refractivity contribution is -0.276. The van der Waals surface area contributed by atoms with Gasteiger partial charge in [-0.2, -0.15) is 0 Å². The maximum absolute atomic E-state index is 15.1. The zero-order chi connectivity index (χ0) is 26.1. The molecule has 0 radical (unpaired) electrons. The van der Waals surface area contributed by atoms with Gasteiger partial charge in [-0.15, -0.1) is 13.2 Å². The van der Waals surface area contributed by atoms with Crippen LogP contribution in [0, 0.1) is 29.3 Å². The molecule has 0 atom stereocenters. The summed E-state index contributed by atoms with van der Waals surface area (Å²) in [5.41, 5.74) is -1.66. The summed E-state index contributed by atoms with van der Waals surface area (Å²) in [6.45, 7) is 2.15. The molecule has 0 unspecified atom stereocenters. The molecule has 31 heavy (non-hydrogen) atoms. The molecular formula is C24H26F6O. The van der Waals surface area contributed by atoms with Crippen LogP contribution in [0.3, 0.4) is 0 Å². The van der Waals surface area contributed by atoms with Crippen LogP contribution in [0.4, 0.5) is 26.3 Å². The number of hydrogen-bond acceptors (Lipinski definition) is 1. The molecule has 1 nitrogen and oxygen atoms in total. The fourth-order valence-corrected chi connectivity index (χ4v) is 4.14. The lowest BCUT2D eigenvalue weighted by atomic mass is 9.78. The van der Waals surface area contributed by atoms with Crippen LogP contribution in [-0.4, -0.2) is 6.36 Å². The third-order valence-electron chi connectivity index (χ3n) is 5.71. The summed E-state index contributed by atoms with van der Waals surface area (Å²) in [6.07, 6.45) is 1.99. The predicted molar refractivity (Wildman–Crippen MR) is 107 cm³/mol. The largest absolute Gasteiger partial charge is 0.573 e. The molecule has 1 saturated carbocycles. The minimum atomic E-state index is -5.48. The van der Waals surface area contributed by atoms with Gasteiger partial charge in [0.2, 0.25) is 5.75 Å². The Balaban J connectivity index is 1.90. The number of alkyl halides is 3. The van der Waals surface area contributed by atoms with Gasteiger partial charge >= 0.3 is 6.36 Å². The van der Waals surface area contributed by atoms with Crippen molar-refractivity contribution < 1.29 is 36.6 Å². The molecule has 0 aliphatic heterocycles. The standard InChI is InChI=1S/C24H26F6O/c1-2-3-15-4-6-16(7-5-15)8-9-17-10-11-19(20(25)12-17)18-13-21(26)23(22(27)14-18)31-24(28,29)30/h10-16H,2-9H2,1H3/i10D,12D,13D,14D. The van der Waals surface area contributed by atoms with Crippen molar-refractivity contribution in [2.45, 2.75) is 64.7 Å². The van der Waals surface area contributed by atoms with Crippen LogP contribution in [0.25, 0.3) is 11.1 Å². The van der Waals surface area contributed by atoms with E-state index >= 15 is 4.39 Å². The van der Waals surface area contributed by atoms with E-state index in [9.17, 15) is 22.0 Å². The molecular weight excluding hydrogens is 418 g/mol. The average Bonchev–Trinajstić information content (AvgIpc) is 2.79. The van der Waals surface area contributed by atoms with E-state index in [1.54, 1.807) is 0 Å². The van der Waals surface area contributed by atoms with E-state index in [1.165, 1.54) is 6.42 Å². The highest BCUT2D eigenvalue weighted by Crippen LogP contribution is 2.35. The third-order valence-corrected chi connectivity index (χ3v) is 5.71. The Bertz CT molecular complexity index is 1050. The third kappa shape index (κ3) is 6.40. The van der Waals surface area contributed by atoms with Gasteiger partial charge < -0.3 is 4.74 Å². The molecule has 170 valence electrons. The summed E-state index contributed by atoms with van der Waals surface area (Å²) in [5.74, 6) is -6.32. The highest BCUT2D eigenvalue weighted by Gasteiger charge is 2.34. The predicted octanol–water partition coefficient (Wildman–Crippen LogP) is 8.21. The molecule has 0 aromatic heterocycles. The lowest BCUT2D eigenvalue weighted by Gasteiger charge is -2.28. The fraction of sp³-hybridized carbons (Fsp3) is 0.500. The molecule has 7 heteroatoms. The van der Waals surface area contributed by atoms with Crippen molar-refractivity contribution in [3.8, 4) is 16.9 Å². The Morgan fingerprint density at radius 2 is 1.52 bits per heavy atom. The van der Waals surface area contributed by atoms with Crippen LogP contribution < -0.4 is 4.74 Å². The van der Waals surface area contributed by atoms with Gasteiger partial charge in [-0.25, -0.2) is 13.2 Å². The Morgan fingerprint density at radius 3 is 2.06 bits per heavy atom. The molecule has 0 spiro atoms. The van der Waals surface area contributed by atoms with Gasteiger partial charge in [0.15, 0.2) is 11.6 Å². The number of rotatable bonds is 7. The maximum atomic E-state index is 15.1. The zero-order valence-electron chi connectivity index (χ0n) is 21.1. The highest BCUT2D eigenvalue weighted by molar-refractivity contribution is 5.65. The summed E-state index contributed by atoms with van der Waals surface area (Å²) in [6, 6.07) is -2.94. The Hall–Kier alpha value is -2.18. The summed E-state index contributed by atoms with van der Waals surface area (Å²) in [4.78, 5) is 0. The van der Waals surface area contributed by atoms with Crippen molar-refractivity contribution in [1.82, 2.24) is 0 Å². The van der Waals surface area contributed by atoms with E-state index in [2.05, 4.69) is 11.7 Å². The Kier molecular flexibility index (Phi) is 5.91. The van der Waals surface area contributed by atoms with Gasteiger partial charge in [-0.3, -0.25) is 0 Å². The van der Waals surface area contributed by atoms with Crippen LogP contribution in [0.2, 0.25) is 0 Å². The molecule has 1 aliphatic rings. The molecule has 1 fully saturated rings. The van der Waals surface area contributed by atoms with Gasteiger partial charge in [-0.05, 0) is 53.9 Å². The second-order valence-corrected chi connectivity index (χ2v) is 7.96. The van der Waals surface area contributed by atoms with E-state index in [1.807, 2.05) is 0 Å². The fourth-order valence-electron chi connectivity index (χ4n) is 4.14. The van der Waals surface area contributed by atoms with E-state index in [0.29, 0.717) is 18.3 Å². The smallest absolute Gasteiger partial charge is 0.399 e.